The van der Waals surface area contributed by atoms with Crippen LogP contribution in [0.25, 0.3) is 0 Å². The lowest BCUT2D eigenvalue weighted by Gasteiger charge is -2.18. The molecule has 0 spiro atoms. The number of carbonyl (C=O) groups excluding carboxylic acids is 1. The molecular weight excluding hydrogens is 323 g/mol. The Morgan fingerprint density at radius 3 is 2.85 bits per heavy atom. The van der Waals surface area contributed by atoms with Gasteiger partial charge in [-0.1, -0.05) is 15.9 Å². The van der Waals surface area contributed by atoms with Crippen LogP contribution in [-0.4, -0.2) is 5.91 Å². The fraction of sp³-hybridized carbons (Fsp3) is 0.133. The van der Waals surface area contributed by atoms with E-state index in [0.717, 1.165) is 21.3 Å². The molecule has 0 fully saturated rings. The fourth-order valence-corrected chi connectivity index (χ4v) is 2.78. The maximum atomic E-state index is 13.3. The van der Waals surface area contributed by atoms with Gasteiger partial charge in [0.1, 0.15) is 5.82 Å². The molecule has 1 aliphatic heterocycles. The highest BCUT2D eigenvalue weighted by Crippen LogP contribution is 2.32. The summed E-state index contributed by atoms with van der Waals surface area (Å²) < 4.78 is 14.1. The van der Waals surface area contributed by atoms with Crippen molar-refractivity contribution >= 4 is 33.2 Å². The zero-order valence-electron chi connectivity index (χ0n) is 10.6. The molecule has 0 unspecified atom stereocenters. The average molecular weight is 335 g/mol. The van der Waals surface area contributed by atoms with Gasteiger partial charge in [0.2, 0.25) is 5.91 Å². The van der Waals surface area contributed by atoms with Crippen LogP contribution in [0.5, 0.6) is 0 Å². The Kier molecular flexibility index (Phi) is 3.22. The predicted octanol–water partition coefficient (Wildman–Crippen LogP) is 3.26. The Balaban J connectivity index is 1.96. The average Bonchev–Trinajstić information content (AvgIpc) is 2.69. The molecule has 0 atom stereocenters. The van der Waals surface area contributed by atoms with E-state index in [4.69, 9.17) is 5.73 Å². The first-order valence-corrected chi connectivity index (χ1v) is 6.96. The second-order valence-electron chi connectivity index (χ2n) is 4.78. The van der Waals surface area contributed by atoms with E-state index in [2.05, 4.69) is 15.9 Å². The Morgan fingerprint density at radius 2 is 2.05 bits per heavy atom. The van der Waals surface area contributed by atoms with Crippen LogP contribution in [-0.2, 0) is 17.8 Å². The Hall–Kier alpha value is -1.88. The Labute approximate surface area is 124 Å². The van der Waals surface area contributed by atoms with Gasteiger partial charge in [0.25, 0.3) is 0 Å². The zero-order valence-corrected chi connectivity index (χ0v) is 12.2. The first kappa shape index (κ1) is 13.1. The van der Waals surface area contributed by atoms with Crippen molar-refractivity contribution in [3.8, 4) is 0 Å². The maximum Gasteiger partial charge on any atom is 0.231 e. The van der Waals surface area contributed by atoms with Gasteiger partial charge in [0.05, 0.1) is 13.0 Å². The molecule has 1 aliphatic rings. The minimum absolute atomic E-state index is 0.00163. The summed E-state index contributed by atoms with van der Waals surface area (Å²) in [7, 11) is 0. The molecule has 0 aromatic heterocycles. The zero-order chi connectivity index (χ0) is 14.3. The number of nitrogens with two attached hydrogens (primary N) is 1. The number of benzene rings is 2. The molecule has 2 N–H and O–H groups in total. The molecule has 0 saturated carbocycles. The van der Waals surface area contributed by atoms with Crippen molar-refractivity contribution in [1.29, 1.82) is 0 Å². The Morgan fingerprint density at radius 1 is 1.25 bits per heavy atom. The number of fused-ring (bicyclic) bond motifs is 1. The van der Waals surface area contributed by atoms with E-state index in [1.807, 2.05) is 12.1 Å². The molecule has 3 nitrogen and oxygen atoms in total. The van der Waals surface area contributed by atoms with Crippen LogP contribution in [0.15, 0.2) is 40.9 Å². The fourth-order valence-electron chi connectivity index (χ4n) is 2.41. The second-order valence-corrected chi connectivity index (χ2v) is 5.63. The lowest BCUT2D eigenvalue weighted by Crippen LogP contribution is -2.26. The van der Waals surface area contributed by atoms with Gasteiger partial charge in [-0.25, -0.2) is 4.39 Å². The maximum absolute atomic E-state index is 13.3. The number of anilines is 2. The van der Waals surface area contributed by atoms with E-state index >= 15 is 0 Å². The summed E-state index contributed by atoms with van der Waals surface area (Å²) in [5.74, 6) is -0.311. The summed E-state index contributed by atoms with van der Waals surface area (Å²) in [6.45, 7) is 0.341. The lowest BCUT2D eigenvalue weighted by atomic mass is 10.1. The molecule has 102 valence electrons. The molecule has 2 aromatic carbocycles. The van der Waals surface area contributed by atoms with Gasteiger partial charge in [-0.05, 0) is 47.5 Å². The lowest BCUT2D eigenvalue weighted by molar-refractivity contribution is -0.117. The van der Waals surface area contributed by atoms with Gasteiger partial charge in [-0.15, -0.1) is 0 Å². The number of hydrogen-bond acceptors (Lipinski definition) is 2. The van der Waals surface area contributed by atoms with E-state index in [1.54, 1.807) is 17.0 Å². The van der Waals surface area contributed by atoms with Gasteiger partial charge < -0.3 is 10.6 Å². The highest BCUT2D eigenvalue weighted by molar-refractivity contribution is 9.10. The highest BCUT2D eigenvalue weighted by atomic mass is 79.9. The summed E-state index contributed by atoms with van der Waals surface area (Å²) >= 11 is 3.38. The molecule has 2 aromatic rings. The van der Waals surface area contributed by atoms with Gasteiger partial charge in [-0.2, -0.15) is 0 Å². The number of nitrogens with zero attached hydrogens (tertiary/aromatic N) is 1. The monoisotopic (exact) mass is 334 g/mol. The summed E-state index contributed by atoms with van der Waals surface area (Å²) in [5, 5.41) is 0. The molecule has 0 bridgehead atoms. The molecule has 1 amide bonds. The summed E-state index contributed by atoms with van der Waals surface area (Å²) in [5.41, 5.74) is 8.88. The first-order valence-electron chi connectivity index (χ1n) is 6.17. The number of rotatable bonds is 2. The quantitative estimate of drug-likeness (QED) is 0.857. The smallest absolute Gasteiger partial charge is 0.231 e. The van der Waals surface area contributed by atoms with Crippen LogP contribution < -0.4 is 10.6 Å². The summed E-state index contributed by atoms with van der Waals surface area (Å²) in [6.07, 6.45) is 0.341. The minimum atomic E-state index is -0.313. The molecular formula is C15H12BrFN2O. The number of nitrogen functional groups attached to an aromatic ring is 1. The largest absolute Gasteiger partial charge is 0.399 e. The van der Waals surface area contributed by atoms with Gasteiger partial charge >= 0.3 is 0 Å². The molecule has 1 heterocycles. The van der Waals surface area contributed by atoms with E-state index in [-0.39, 0.29) is 11.7 Å². The summed E-state index contributed by atoms with van der Waals surface area (Å²) in [4.78, 5) is 13.8. The normalized spacial score (nSPS) is 13.7. The van der Waals surface area contributed by atoms with Crippen molar-refractivity contribution in [2.45, 2.75) is 13.0 Å². The molecule has 0 radical (unpaired) electrons. The first-order chi connectivity index (χ1) is 9.54. The van der Waals surface area contributed by atoms with E-state index in [9.17, 15) is 9.18 Å². The number of halogens is 2. The third-order valence-corrected chi connectivity index (χ3v) is 4.15. The van der Waals surface area contributed by atoms with E-state index in [1.165, 1.54) is 12.1 Å². The van der Waals surface area contributed by atoms with Crippen LogP contribution in [0, 0.1) is 5.82 Å². The van der Waals surface area contributed by atoms with E-state index in [0.29, 0.717) is 18.7 Å². The summed E-state index contributed by atoms with van der Waals surface area (Å²) in [6, 6.07) is 9.89. The van der Waals surface area contributed by atoms with Crippen molar-refractivity contribution in [2.24, 2.45) is 0 Å². The van der Waals surface area contributed by atoms with Crippen molar-refractivity contribution in [2.75, 3.05) is 10.6 Å². The van der Waals surface area contributed by atoms with Gasteiger partial charge in [-0.3, -0.25) is 4.79 Å². The Bertz CT molecular complexity index is 702. The van der Waals surface area contributed by atoms with Crippen LogP contribution in [0.2, 0.25) is 0 Å². The van der Waals surface area contributed by atoms with Crippen LogP contribution in [0.1, 0.15) is 11.1 Å². The van der Waals surface area contributed by atoms with E-state index < -0.39 is 0 Å². The van der Waals surface area contributed by atoms with Crippen molar-refractivity contribution in [1.82, 2.24) is 0 Å². The van der Waals surface area contributed by atoms with Crippen molar-refractivity contribution < 1.29 is 9.18 Å². The minimum Gasteiger partial charge on any atom is -0.399 e. The standard InChI is InChI=1S/C15H12BrFN2O/c16-13-3-1-11(17)5-10(13)8-19-14-4-2-12(18)6-9(14)7-15(19)20/h1-6H,7-8,18H2. The number of hydrogen-bond donors (Lipinski definition) is 1. The highest BCUT2D eigenvalue weighted by Gasteiger charge is 2.27. The third-order valence-electron chi connectivity index (χ3n) is 3.37. The molecule has 5 heteroatoms. The molecule has 3 rings (SSSR count). The van der Waals surface area contributed by atoms with Crippen LogP contribution >= 0.6 is 15.9 Å². The molecule has 0 saturated heterocycles. The topological polar surface area (TPSA) is 46.3 Å². The van der Waals surface area contributed by atoms with Gasteiger partial charge in [0.15, 0.2) is 0 Å². The second kappa shape index (κ2) is 4.90. The third kappa shape index (κ3) is 2.29. The van der Waals surface area contributed by atoms with Gasteiger partial charge in [0, 0.05) is 15.8 Å². The predicted molar refractivity (Wildman–Crippen MR) is 79.8 cm³/mol. The number of amides is 1. The van der Waals surface area contributed by atoms with Crippen molar-refractivity contribution in [3.63, 3.8) is 0 Å². The SMILES string of the molecule is Nc1ccc2c(c1)CC(=O)N2Cc1cc(F)ccc1Br. The van der Waals surface area contributed by atoms with Crippen molar-refractivity contribution in [3.05, 3.63) is 57.8 Å². The molecule has 20 heavy (non-hydrogen) atoms. The van der Waals surface area contributed by atoms with Crippen LogP contribution in [0.3, 0.4) is 0 Å². The number of carbonyl (C=O) groups is 1. The van der Waals surface area contributed by atoms with Crippen LogP contribution in [0.4, 0.5) is 15.8 Å². The molecule has 0 aliphatic carbocycles.